The molecule has 0 aliphatic carbocycles. The van der Waals surface area contributed by atoms with Crippen LogP contribution in [0.15, 0.2) is 0 Å². The summed E-state index contributed by atoms with van der Waals surface area (Å²) in [7, 11) is 0. The van der Waals surface area contributed by atoms with Gasteiger partial charge in [-0.3, -0.25) is 0 Å². The SMILES string of the molecule is CC1CC(C)(CN)C(C)O1. The second kappa shape index (κ2) is 2.51. The fraction of sp³-hybridized carbons (Fsp3) is 1.00. The van der Waals surface area contributed by atoms with Crippen LogP contribution in [-0.4, -0.2) is 18.8 Å². The summed E-state index contributed by atoms with van der Waals surface area (Å²) in [6.45, 7) is 7.15. The molecule has 2 N–H and O–H groups in total. The molecule has 1 saturated heterocycles. The molecule has 0 saturated carbocycles. The van der Waals surface area contributed by atoms with Crippen molar-refractivity contribution in [2.24, 2.45) is 11.1 Å². The van der Waals surface area contributed by atoms with Crippen LogP contribution in [0.5, 0.6) is 0 Å². The first-order valence-corrected chi connectivity index (χ1v) is 3.94. The van der Waals surface area contributed by atoms with Crippen molar-refractivity contribution in [1.82, 2.24) is 0 Å². The Morgan fingerprint density at radius 2 is 2.20 bits per heavy atom. The van der Waals surface area contributed by atoms with Crippen molar-refractivity contribution in [3.63, 3.8) is 0 Å². The highest BCUT2D eigenvalue weighted by molar-refractivity contribution is 4.89. The van der Waals surface area contributed by atoms with Crippen LogP contribution in [0.4, 0.5) is 0 Å². The fourth-order valence-corrected chi connectivity index (χ4v) is 1.63. The molecule has 1 rings (SSSR count). The molecule has 1 heterocycles. The van der Waals surface area contributed by atoms with Crippen molar-refractivity contribution in [2.75, 3.05) is 6.54 Å². The zero-order valence-electron chi connectivity index (χ0n) is 7.05. The Kier molecular flexibility index (Phi) is 2.02. The molecule has 60 valence electrons. The summed E-state index contributed by atoms with van der Waals surface area (Å²) in [4.78, 5) is 0. The topological polar surface area (TPSA) is 35.2 Å². The Bertz CT molecular complexity index is 126. The predicted octanol–water partition coefficient (Wildman–Crippen LogP) is 1.15. The maximum absolute atomic E-state index is 5.64. The Hall–Kier alpha value is -0.0800. The number of rotatable bonds is 1. The average molecular weight is 143 g/mol. The summed E-state index contributed by atoms with van der Waals surface area (Å²) in [5.41, 5.74) is 5.86. The Morgan fingerprint density at radius 3 is 2.40 bits per heavy atom. The number of hydrogen-bond donors (Lipinski definition) is 1. The molecule has 10 heavy (non-hydrogen) atoms. The highest BCUT2D eigenvalue weighted by atomic mass is 16.5. The van der Waals surface area contributed by atoms with Crippen LogP contribution in [0.2, 0.25) is 0 Å². The van der Waals surface area contributed by atoms with Crippen LogP contribution in [0.3, 0.4) is 0 Å². The van der Waals surface area contributed by atoms with E-state index >= 15 is 0 Å². The van der Waals surface area contributed by atoms with Crippen LogP contribution < -0.4 is 5.73 Å². The van der Waals surface area contributed by atoms with E-state index < -0.39 is 0 Å². The molecule has 1 aliphatic heterocycles. The predicted molar refractivity (Wildman–Crippen MR) is 41.8 cm³/mol. The van der Waals surface area contributed by atoms with Crippen molar-refractivity contribution in [3.05, 3.63) is 0 Å². The highest BCUT2D eigenvalue weighted by Gasteiger charge is 2.39. The summed E-state index contributed by atoms with van der Waals surface area (Å²) < 4.78 is 5.59. The quantitative estimate of drug-likeness (QED) is 0.597. The minimum absolute atomic E-state index is 0.222. The van der Waals surface area contributed by atoms with E-state index in [2.05, 4.69) is 20.8 Å². The van der Waals surface area contributed by atoms with Gasteiger partial charge in [-0.2, -0.15) is 0 Å². The molecule has 0 spiro atoms. The highest BCUT2D eigenvalue weighted by Crippen LogP contribution is 2.36. The first kappa shape index (κ1) is 8.02. The van der Waals surface area contributed by atoms with E-state index in [0.717, 1.165) is 13.0 Å². The van der Waals surface area contributed by atoms with Gasteiger partial charge in [0.25, 0.3) is 0 Å². The van der Waals surface area contributed by atoms with E-state index in [9.17, 15) is 0 Å². The third kappa shape index (κ3) is 1.18. The zero-order chi connectivity index (χ0) is 7.78. The molecule has 3 atom stereocenters. The third-order valence-electron chi connectivity index (χ3n) is 2.64. The van der Waals surface area contributed by atoms with Gasteiger partial charge in [-0.15, -0.1) is 0 Å². The molecule has 3 unspecified atom stereocenters. The summed E-state index contributed by atoms with van der Waals surface area (Å²) >= 11 is 0. The first-order chi connectivity index (χ1) is 4.58. The van der Waals surface area contributed by atoms with Crippen molar-refractivity contribution >= 4 is 0 Å². The van der Waals surface area contributed by atoms with E-state index in [1.807, 2.05) is 0 Å². The van der Waals surface area contributed by atoms with Crippen LogP contribution in [-0.2, 0) is 4.74 Å². The molecule has 0 amide bonds. The van der Waals surface area contributed by atoms with Gasteiger partial charge >= 0.3 is 0 Å². The van der Waals surface area contributed by atoms with E-state index in [4.69, 9.17) is 10.5 Å². The Morgan fingerprint density at radius 1 is 1.60 bits per heavy atom. The molecular formula is C8H17NO. The number of ether oxygens (including phenoxy) is 1. The summed E-state index contributed by atoms with van der Waals surface area (Å²) in [5.74, 6) is 0. The van der Waals surface area contributed by atoms with Gasteiger partial charge < -0.3 is 10.5 Å². The van der Waals surface area contributed by atoms with Crippen LogP contribution in [0, 0.1) is 5.41 Å². The maximum Gasteiger partial charge on any atom is 0.0617 e. The monoisotopic (exact) mass is 143 g/mol. The maximum atomic E-state index is 5.64. The standard InChI is InChI=1S/C8H17NO/c1-6-4-8(3,5-9)7(2)10-6/h6-7H,4-5,9H2,1-3H3. The lowest BCUT2D eigenvalue weighted by Gasteiger charge is -2.24. The second-order valence-corrected chi connectivity index (χ2v) is 3.65. The lowest BCUT2D eigenvalue weighted by Crippen LogP contribution is -2.33. The van der Waals surface area contributed by atoms with Crippen molar-refractivity contribution in [3.8, 4) is 0 Å². The average Bonchev–Trinajstić information content (AvgIpc) is 2.09. The molecule has 1 fully saturated rings. The summed E-state index contributed by atoms with van der Waals surface area (Å²) in [6, 6.07) is 0. The van der Waals surface area contributed by atoms with Crippen LogP contribution >= 0.6 is 0 Å². The van der Waals surface area contributed by atoms with Crippen molar-refractivity contribution in [2.45, 2.75) is 39.4 Å². The van der Waals surface area contributed by atoms with Gasteiger partial charge in [0.15, 0.2) is 0 Å². The van der Waals surface area contributed by atoms with Gasteiger partial charge in [0.05, 0.1) is 12.2 Å². The minimum atomic E-state index is 0.222. The Labute approximate surface area is 62.7 Å². The number of nitrogens with two attached hydrogens (primary N) is 1. The minimum Gasteiger partial charge on any atom is -0.375 e. The van der Waals surface area contributed by atoms with E-state index in [-0.39, 0.29) is 5.41 Å². The fourth-order valence-electron chi connectivity index (χ4n) is 1.63. The lowest BCUT2D eigenvalue weighted by molar-refractivity contribution is 0.0383. The van der Waals surface area contributed by atoms with E-state index in [1.165, 1.54) is 0 Å². The van der Waals surface area contributed by atoms with Gasteiger partial charge in [0.2, 0.25) is 0 Å². The molecular weight excluding hydrogens is 126 g/mol. The number of hydrogen-bond acceptors (Lipinski definition) is 2. The normalized spacial score (nSPS) is 48.0. The lowest BCUT2D eigenvalue weighted by atomic mass is 9.83. The van der Waals surface area contributed by atoms with Crippen molar-refractivity contribution in [1.29, 1.82) is 0 Å². The van der Waals surface area contributed by atoms with Gasteiger partial charge in [-0.1, -0.05) is 6.92 Å². The van der Waals surface area contributed by atoms with Crippen LogP contribution in [0.1, 0.15) is 27.2 Å². The van der Waals surface area contributed by atoms with Gasteiger partial charge in [-0.25, -0.2) is 0 Å². The van der Waals surface area contributed by atoms with Crippen LogP contribution in [0.25, 0.3) is 0 Å². The summed E-state index contributed by atoms with van der Waals surface area (Å²) in [6.07, 6.45) is 1.82. The van der Waals surface area contributed by atoms with Gasteiger partial charge in [0.1, 0.15) is 0 Å². The molecule has 0 bridgehead atoms. The van der Waals surface area contributed by atoms with Crippen molar-refractivity contribution < 1.29 is 4.74 Å². The summed E-state index contributed by atoms with van der Waals surface area (Å²) in [5, 5.41) is 0. The van der Waals surface area contributed by atoms with Gasteiger partial charge in [-0.05, 0) is 20.3 Å². The third-order valence-corrected chi connectivity index (χ3v) is 2.64. The first-order valence-electron chi connectivity index (χ1n) is 3.94. The Balaban J connectivity index is 2.61. The molecule has 1 aliphatic rings. The second-order valence-electron chi connectivity index (χ2n) is 3.65. The molecule has 0 aromatic heterocycles. The largest absolute Gasteiger partial charge is 0.375 e. The van der Waals surface area contributed by atoms with Gasteiger partial charge in [0, 0.05) is 12.0 Å². The molecule has 2 heteroatoms. The van der Waals surface area contributed by atoms with E-state index in [0.29, 0.717) is 12.2 Å². The molecule has 0 aromatic rings. The molecule has 0 radical (unpaired) electrons. The molecule has 2 nitrogen and oxygen atoms in total. The molecule has 0 aromatic carbocycles. The smallest absolute Gasteiger partial charge is 0.0617 e. The zero-order valence-corrected chi connectivity index (χ0v) is 7.05. The van der Waals surface area contributed by atoms with E-state index in [1.54, 1.807) is 0 Å².